The number of hydrogen-bond acceptors (Lipinski definition) is 3. The number of hydrogen-bond donors (Lipinski definition) is 1. The molecule has 1 amide bonds. The molecule has 0 atom stereocenters. The van der Waals surface area contributed by atoms with Crippen molar-refractivity contribution in [3.63, 3.8) is 0 Å². The Balaban J connectivity index is 2.84. The van der Waals surface area contributed by atoms with Gasteiger partial charge in [0.05, 0.1) is 0 Å². The number of oxime groups is 1. The molecular formula is C11H14N2O2. The predicted octanol–water partition coefficient (Wildman–Crippen LogP) is 1.30. The third-order valence-corrected chi connectivity index (χ3v) is 1.73. The number of nitrogens with two attached hydrogens (primary N) is 1. The lowest BCUT2D eigenvalue weighted by molar-refractivity contribution is -0.112. The Bertz CT molecular complexity index is 347. The molecule has 0 unspecified atom stereocenters. The van der Waals surface area contributed by atoms with Crippen LogP contribution in [0.2, 0.25) is 0 Å². The monoisotopic (exact) mass is 206 g/mol. The van der Waals surface area contributed by atoms with Gasteiger partial charge in [-0.25, -0.2) is 0 Å². The van der Waals surface area contributed by atoms with Gasteiger partial charge in [-0.3, -0.25) is 4.79 Å². The highest BCUT2D eigenvalue weighted by Crippen LogP contribution is 2.01. The van der Waals surface area contributed by atoms with Crippen molar-refractivity contribution in [1.29, 1.82) is 0 Å². The highest BCUT2D eigenvalue weighted by Gasteiger charge is 2.10. The summed E-state index contributed by atoms with van der Waals surface area (Å²) in [6.45, 7) is 2.44. The van der Waals surface area contributed by atoms with Gasteiger partial charge in [0, 0.05) is 5.56 Å². The lowest BCUT2D eigenvalue weighted by Crippen LogP contribution is -2.24. The van der Waals surface area contributed by atoms with Crippen LogP contribution in [-0.2, 0) is 9.63 Å². The van der Waals surface area contributed by atoms with Gasteiger partial charge < -0.3 is 10.6 Å². The first-order valence-corrected chi connectivity index (χ1v) is 4.81. The van der Waals surface area contributed by atoms with E-state index in [-0.39, 0.29) is 5.71 Å². The zero-order valence-corrected chi connectivity index (χ0v) is 8.64. The summed E-state index contributed by atoms with van der Waals surface area (Å²) in [7, 11) is 0. The largest absolute Gasteiger partial charge is 0.395 e. The summed E-state index contributed by atoms with van der Waals surface area (Å²) in [6, 6.07) is 9.01. The topological polar surface area (TPSA) is 64.7 Å². The number of benzene rings is 1. The van der Waals surface area contributed by atoms with Crippen LogP contribution in [0.4, 0.5) is 0 Å². The first-order valence-electron chi connectivity index (χ1n) is 4.81. The normalized spacial score (nSPS) is 11.1. The van der Waals surface area contributed by atoms with E-state index in [1.54, 1.807) is 12.1 Å². The molecule has 0 aliphatic rings. The lowest BCUT2D eigenvalue weighted by Gasteiger charge is -2.02. The molecular weight excluding hydrogens is 192 g/mol. The van der Waals surface area contributed by atoms with E-state index < -0.39 is 5.91 Å². The third-order valence-electron chi connectivity index (χ3n) is 1.73. The van der Waals surface area contributed by atoms with Gasteiger partial charge >= 0.3 is 0 Å². The van der Waals surface area contributed by atoms with Crippen molar-refractivity contribution in [1.82, 2.24) is 0 Å². The van der Waals surface area contributed by atoms with Gasteiger partial charge in [0.25, 0.3) is 5.91 Å². The van der Waals surface area contributed by atoms with E-state index in [0.29, 0.717) is 12.2 Å². The summed E-state index contributed by atoms with van der Waals surface area (Å²) in [5.41, 5.74) is 6.03. The molecule has 1 aromatic rings. The molecule has 4 heteroatoms. The molecule has 0 saturated carbocycles. The van der Waals surface area contributed by atoms with Crippen LogP contribution in [0.15, 0.2) is 35.5 Å². The summed E-state index contributed by atoms with van der Waals surface area (Å²) >= 11 is 0. The van der Waals surface area contributed by atoms with Crippen molar-refractivity contribution < 1.29 is 9.63 Å². The summed E-state index contributed by atoms with van der Waals surface area (Å²) in [6.07, 6.45) is 0.838. The molecule has 1 aromatic carbocycles. The number of nitrogens with zero attached hydrogens (tertiary/aromatic N) is 1. The molecule has 4 nitrogen and oxygen atoms in total. The standard InChI is InChI=1S/C11H14N2O2/c1-2-8-15-13-10(11(12)14)9-6-4-3-5-7-9/h3-7H,2,8H2,1H3,(H2,12,14)/b13-10+. The fraction of sp³-hybridized carbons (Fsp3) is 0.273. The number of amides is 1. The maximum absolute atomic E-state index is 11.1. The quantitative estimate of drug-likeness (QED) is 0.448. The molecule has 0 saturated heterocycles. The maximum Gasteiger partial charge on any atom is 0.271 e. The highest BCUT2D eigenvalue weighted by molar-refractivity contribution is 6.44. The highest BCUT2D eigenvalue weighted by atomic mass is 16.6. The Kier molecular flexibility index (Phi) is 4.34. The SMILES string of the molecule is CCCO/N=C(/C(N)=O)c1ccccc1. The molecule has 0 fully saturated rings. The minimum absolute atomic E-state index is 0.157. The molecule has 0 aliphatic heterocycles. The Morgan fingerprint density at radius 2 is 2.07 bits per heavy atom. The van der Waals surface area contributed by atoms with Gasteiger partial charge in [0.2, 0.25) is 0 Å². The molecule has 0 aromatic heterocycles. The molecule has 0 spiro atoms. The van der Waals surface area contributed by atoms with Crippen molar-refractivity contribution in [2.24, 2.45) is 10.9 Å². The summed E-state index contributed by atoms with van der Waals surface area (Å²) in [4.78, 5) is 16.1. The second kappa shape index (κ2) is 5.80. The summed E-state index contributed by atoms with van der Waals surface area (Å²) in [5, 5.41) is 3.73. The van der Waals surface area contributed by atoms with Crippen LogP contribution < -0.4 is 5.73 Å². The van der Waals surface area contributed by atoms with Crippen molar-refractivity contribution in [2.45, 2.75) is 13.3 Å². The molecule has 1 rings (SSSR count). The van der Waals surface area contributed by atoms with Crippen molar-refractivity contribution in [2.75, 3.05) is 6.61 Å². The molecule has 0 aliphatic carbocycles. The van der Waals surface area contributed by atoms with E-state index in [0.717, 1.165) is 6.42 Å². The van der Waals surface area contributed by atoms with Crippen LogP contribution in [0.3, 0.4) is 0 Å². The second-order valence-electron chi connectivity index (χ2n) is 3.00. The maximum atomic E-state index is 11.1. The average Bonchev–Trinajstić information content (AvgIpc) is 2.25. The number of carbonyl (C=O) groups is 1. The molecule has 0 heterocycles. The number of primary amides is 1. The van der Waals surface area contributed by atoms with Crippen LogP contribution in [-0.4, -0.2) is 18.2 Å². The average molecular weight is 206 g/mol. The minimum atomic E-state index is -0.586. The van der Waals surface area contributed by atoms with Crippen molar-refractivity contribution in [3.8, 4) is 0 Å². The van der Waals surface area contributed by atoms with Gasteiger partial charge in [-0.05, 0) is 6.42 Å². The second-order valence-corrected chi connectivity index (χ2v) is 3.00. The Morgan fingerprint density at radius 1 is 1.40 bits per heavy atom. The first kappa shape index (κ1) is 11.2. The lowest BCUT2D eigenvalue weighted by atomic mass is 10.1. The molecule has 80 valence electrons. The Hall–Kier alpha value is -1.84. The smallest absolute Gasteiger partial charge is 0.271 e. The first-order chi connectivity index (χ1) is 7.25. The molecule has 0 bridgehead atoms. The van der Waals surface area contributed by atoms with Gasteiger partial charge in [0.15, 0.2) is 5.71 Å². The fourth-order valence-corrected chi connectivity index (χ4v) is 1.04. The molecule has 15 heavy (non-hydrogen) atoms. The van der Waals surface area contributed by atoms with E-state index in [4.69, 9.17) is 10.6 Å². The van der Waals surface area contributed by atoms with Gasteiger partial charge in [0.1, 0.15) is 6.61 Å². The van der Waals surface area contributed by atoms with Crippen LogP contribution in [0.25, 0.3) is 0 Å². The van der Waals surface area contributed by atoms with E-state index in [1.165, 1.54) is 0 Å². The summed E-state index contributed by atoms with van der Waals surface area (Å²) in [5.74, 6) is -0.586. The van der Waals surface area contributed by atoms with Crippen molar-refractivity contribution in [3.05, 3.63) is 35.9 Å². The third kappa shape index (κ3) is 3.42. The molecule has 2 N–H and O–H groups in total. The van der Waals surface area contributed by atoms with Crippen LogP contribution in [0.5, 0.6) is 0 Å². The van der Waals surface area contributed by atoms with E-state index in [1.807, 2.05) is 25.1 Å². The van der Waals surface area contributed by atoms with E-state index in [2.05, 4.69) is 5.16 Å². The van der Waals surface area contributed by atoms with Crippen LogP contribution in [0, 0.1) is 0 Å². The summed E-state index contributed by atoms with van der Waals surface area (Å²) < 4.78 is 0. The Morgan fingerprint density at radius 3 is 2.60 bits per heavy atom. The number of carbonyl (C=O) groups excluding carboxylic acids is 1. The van der Waals surface area contributed by atoms with Gasteiger partial charge in [-0.15, -0.1) is 0 Å². The number of rotatable bonds is 5. The minimum Gasteiger partial charge on any atom is -0.395 e. The van der Waals surface area contributed by atoms with Gasteiger partial charge in [-0.1, -0.05) is 42.4 Å². The molecule has 0 radical (unpaired) electrons. The van der Waals surface area contributed by atoms with Crippen LogP contribution in [0.1, 0.15) is 18.9 Å². The van der Waals surface area contributed by atoms with E-state index in [9.17, 15) is 4.79 Å². The zero-order valence-electron chi connectivity index (χ0n) is 8.64. The van der Waals surface area contributed by atoms with Crippen LogP contribution >= 0.6 is 0 Å². The predicted molar refractivity (Wildman–Crippen MR) is 58.4 cm³/mol. The van der Waals surface area contributed by atoms with Crippen molar-refractivity contribution >= 4 is 11.6 Å². The van der Waals surface area contributed by atoms with E-state index >= 15 is 0 Å². The fourth-order valence-electron chi connectivity index (χ4n) is 1.04. The van der Waals surface area contributed by atoms with Gasteiger partial charge in [-0.2, -0.15) is 0 Å². The zero-order chi connectivity index (χ0) is 11.1. The Labute approximate surface area is 88.7 Å².